The fraction of sp³-hybridized carbons (Fsp3) is 0.280. The predicted octanol–water partition coefficient (Wildman–Crippen LogP) is 4.40. The highest BCUT2D eigenvalue weighted by atomic mass is 16.5. The Bertz CT molecular complexity index is 1160. The molecule has 7 heteroatoms. The summed E-state index contributed by atoms with van der Waals surface area (Å²) in [6, 6.07) is 13.8. The van der Waals surface area contributed by atoms with E-state index in [2.05, 4.69) is 20.4 Å². The zero-order chi connectivity index (χ0) is 22.7. The lowest BCUT2D eigenvalue weighted by Crippen LogP contribution is -2.29. The van der Waals surface area contributed by atoms with E-state index in [0.29, 0.717) is 23.7 Å². The Balaban J connectivity index is 1.76. The van der Waals surface area contributed by atoms with E-state index in [4.69, 9.17) is 9.26 Å². The van der Waals surface area contributed by atoms with Gasteiger partial charge in [0.2, 0.25) is 0 Å². The van der Waals surface area contributed by atoms with Crippen LogP contribution >= 0.6 is 0 Å². The van der Waals surface area contributed by atoms with Crippen molar-refractivity contribution in [1.82, 2.24) is 20.4 Å². The first-order valence-corrected chi connectivity index (χ1v) is 10.6. The largest absolute Gasteiger partial charge is 0.460 e. The van der Waals surface area contributed by atoms with Gasteiger partial charge in [-0.15, -0.1) is 0 Å². The normalized spacial score (nSPS) is 16.3. The van der Waals surface area contributed by atoms with Gasteiger partial charge in [0.15, 0.2) is 5.82 Å². The van der Waals surface area contributed by atoms with E-state index in [1.54, 1.807) is 12.4 Å². The highest BCUT2D eigenvalue weighted by Crippen LogP contribution is 2.43. The van der Waals surface area contributed by atoms with Crippen molar-refractivity contribution in [3.05, 3.63) is 94.7 Å². The number of benzene rings is 1. The molecule has 1 N–H and O–H groups in total. The number of pyridine rings is 1. The van der Waals surface area contributed by atoms with Crippen LogP contribution in [0.1, 0.15) is 56.5 Å². The number of nitrogens with zero attached hydrogens (tertiary/aromatic N) is 3. The molecule has 1 unspecified atom stereocenters. The Kier molecular flexibility index (Phi) is 6.16. The van der Waals surface area contributed by atoms with E-state index in [1.807, 2.05) is 70.2 Å². The fourth-order valence-corrected chi connectivity index (χ4v) is 3.92. The zero-order valence-electron chi connectivity index (χ0n) is 18.6. The number of allylic oxidation sites excluding steroid dienone is 3. The van der Waals surface area contributed by atoms with Crippen LogP contribution in [0.2, 0.25) is 0 Å². The molecule has 32 heavy (non-hydrogen) atoms. The number of rotatable bonds is 6. The minimum Gasteiger partial charge on any atom is -0.460 e. The first-order valence-electron chi connectivity index (χ1n) is 10.6. The standard InChI is InChI=1S/C25H26N4O3/c1-15(2)31-25(30)22-17(4)27-16(3)21(23(22)19-11-8-12-26-14-19)24-28-20(29-32-24)13-18-9-6-5-7-10-18/h5-12,14-15,23,27H,13H2,1-4H3. The molecule has 1 aromatic carbocycles. The van der Waals surface area contributed by atoms with E-state index in [0.717, 1.165) is 28.1 Å². The molecular formula is C25H26N4O3. The highest BCUT2D eigenvalue weighted by Gasteiger charge is 2.37. The summed E-state index contributed by atoms with van der Waals surface area (Å²) in [6.07, 6.45) is 3.77. The maximum Gasteiger partial charge on any atom is 0.337 e. The van der Waals surface area contributed by atoms with Gasteiger partial charge in [0.1, 0.15) is 0 Å². The van der Waals surface area contributed by atoms with Gasteiger partial charge < -0.3 is 14.6 Å². The van der Waals surface area contributed by atoms with Crippen LogP contribution in [-0.2, 0) is 16.0 Å². The summed E-state index contributed by atoms with van der Waals surface area (Å²) in [7, 11) is 0. The van der Waals surface area contributed by atoms with Crippen LogP contribution in [0.3, 0.4) is 0 Å². The van der Waals surface area contributed by atoms with Crippen LogP contribution in [0.5, 0.6) is 0 Å². The van der Waals surface area contributed by atoms with Crippen LogP contribution in [-0.4, -0.2) is 27.2 Å². The quantitative estimate of drug-likeness (QED) is 0.580. The molecule has 3 aromatic rings. The van der Waals surface area contributed by atoms with E-state index < -0.39 is 5.92 Å². The number of hydrogen-bond acceptors (Lipinski definition) is 7. The van der Waals surface area contributed by atoms with Gasteiger partial charge in [-0.05, 0) is 44.9 Å². The first-order chi connectivity index (χ1) is 15.4. The van der Waals surface area contributed by atoms with Crippen molar-refractivity contribution >= 4 is 11.5 Å². The van der Waals surface area contributed by atoms with Crippen LogP contribution in [0.4, 0.5) is 0 Å². The number of nitrogens with one attached hydrogen (secondary N) is 1. The van der Waals surface area contributed by atoms with Crippen LogP contribution in [0.15, 0.2) is 76.3 Å². The Labute approximate surface area is 187 Å². The van der Waals surface area contributed by atoms with Crippen molar-refractivity contribution in [1.29, 1.82) is 0 Å². The molecule has 0 spiro atoms. The van der Waals surface area contributed by atoms with Crippen LogP contribution < -0.4 is 5.32 Å². The Hall–Kier alpha value is -3.74. The highest BCUT2D eigenvalue weighted by molar-refractivity contribution is 5.96. The van der Waals surface area contributed by atoms with Gasteiger partial charge in [-0.25, -0.2) is 4.79 Å². The monoisotopic (exact) mass is 430 g/mol. The molecule has 0 radical (unpaired) electrons. The SMILES string of the molecule is CC1=C(C(=O)OC(C)C)C(c2cccnc2)C(c2nc(Cc3ccccc3)no2)=C(C)N1. The second-order valence-corrected chi connectivity index (χ2v) is 8.05. The molecule has 0 saturated carbocycles. The predicted molar refractivity (Wildman–Crippen MR) is 120 cm³/mol. The third-order valence-corrected chi connectivity index (χ3v) is 5.24. The number of hydrogen-bond donors (Lipinski definition) is 1. The summed E-state index contributed by atoms with van der Waals surface area (Å²) >= 11 is 0. The van der Waals surface area contributed by atoms with Crippen molar-refractivity contribution in [2.24, 2.45) is 0 Å². The summed E-state index contributed by atoms with van der Waals surface area (Å²) in [4.78, 5) is 22.0. The number of aromatic nitrogens is 3. The number of dihydropyridines is 1. The maximum atomic E-state index is 13.1. The molecule has 2 aromatic heterocycles. The molecule has 0 aliphatic carbocycles. The molecule has 1 aliphatic heterocycles. The maximum absolute atomic E-state index is 13.1. The van der Waals surface area contributed by atoms with Crippen molar-refractivity contribution in [2.75, 3.05) is 0 Å². The lowest BCUT2D eigenvalue weighted by molar-refractivity contribution is -0.142. The minimum atomic E-state index is -0.443. The van der Waals surface area contributed by atoms with E-state index >= 15 is 0 Å². The molecule has 0 saturated heterocycles. The summed E-state index contributed by atoms with van der Waals surface area (Å²) in [5, 5.41) is 7.49. The van der Waals surface area contributed by atoms with Crippen LogP contribution in [0, 0.1) is 0 Å². The van der Waals surface area contributed by atoms with Gasteiger partial charge in [-0.2, -0.15) is 4.98 Å². The van der Waals surface area contributed by atoms with Crippen molar-refractivity contribution in [3.63, 3.8) is 0 Å². The van der Waals surface area contributed by atoms with Gasteiger partial charge in [0.25, 0.3) is 5.89 Å². The molecule has 7 nitrogen and oxygen atoms in total. The summed E-state index contributed by atoms with van der Waals surface area (Å²) in [5.41, 5.74) is 4.76. The Morgan fingerprint density at radius 2 is 1.91 bits per heavy atom. The van der Waals surface area contributed by atoms with Crippen LogP contribution in [0.25, 0.3) is 5.57 Å². The summed E-state index contributed by atoms with van der Waals surface area (Å²) in [6.45, 7) is 7.47. The fourth-order valence-electron chi connectivity index (χ4n) is 3.92. The molecule has 1 atom stereocenters. The molecule has 0 bridgehead atoms. The summed E-state index contributed by atoms with van der Waals surface area (Å²) in [5.74, 6) is 0.125. The molecule has 4 rings (SSSR count). The second kappa shape index (κ2) is 9.18. The lowest BCUT2D eigenvalue weighted by atomic mass is 9.81. The summed E-state index contributed by atoms with van der Waals surface area (Å²) < 4.78 is 11.3. The van der Waals surface area contributed by atoms with E-state index in [9.17, 15) is 4.79 Å². The molecule has 0 amide bonds. The lowest BCUT2D eigenvalue weighted by Gasteiger charge is -2.30. The van der Waals surface area contributed by atoms with Gasteiger partial charge in [0.05, 0.1) is 17.6 Å². The zero-order valence-corrected chi connectivity index (χ0v) is 18.6. The van der Waals surface area contributed by atoms with Gasteiger partial charge >= 0.3 is 5.97 Å². The Morgan fingerprint density at radius 3 is 2.59 bits per heavy atom. The number of ether oxygens (including phenoxy) is 1. The first kappa shape index (κ1) is 21.5. The van der Waals surface area contributed by atoms with E-state index in [1.165, 1.54) is 0 Å². The molecular weight excluding hydrogens is 404 g/mol. The number of carbonyl (C=O) groups is 1. The molecule has 1 aliphatic rings. The minimum absolute atomic E-state index is 0.242. The van der Waals surface area contributed by atoms with Crippen molar-refractivity contribution < 1.29 is 14.1 Å². The second-order valence-electron chi connectivity index (χ2n) is 8.05. The average Bonchev–Trinajstić information content (AvgIpc) is 3.21. The smallest absolute Gasteiger partial charge is 0.337 e. The number of esters is 1. The average molecular weight is 431 g/mol. The third-order valence-electron chi connectivity index (χ3n) is 5.24. The third kappa shape index (κ3) is 4.46. The van der Waals surface area contributed by atoms with Gasteiger partial charge in [-0.1, -0.05) is 41.6 Å². The van der Waals surface area contributed by atoms with Crippen molar-refractivity contribution in [2.45, 2.75) is 46.1 Å². The van der Waals surface area contributed by atoms with E-state index in [-0.39, 0.29) is 12.1 Å². The van der Waals surface area contributed by atoms with Gasteiger partial charge in [-0.3, -0.25) is 4.98 Å². The molecule has 164 valence electrons. The Morgan fingerprint density at radius 1 is 1.12 bits per heavy atom. The molecule has 3 heterocycles. The van der Waals surface area contributed by atoms with Crippen molar-refractivity contribution in [3.8, 4) is 0 Å². The molecule has 0 fully saturated rings. The number of carbonyl (C=O) groups excluding carboxylic acids is 1. The topological polar surface area (TPSA) is 90.1 Å². The van der Waals surface area contributed by atoms with Gasteiger partial charge in [0, 0.05) is 35.8 Å².